The molecule has 0 bridgehead atoms. The number of nitrogens with zero attached hydrogens (tertiary/aromatic N) is 4. The summed E-state index contributed by atoms with van der Waals surface area (Å²) in [6.45, 7) is 1.06. The van der Waals surface area contributed by atoms with Crippen LogP contribution in [0.15, 0.2) is 23.0 Å². The summed E-state index contributed by atoms with van der Waals surface area (Å²) in [6, 6.07) is 7.28. The maximum absolute atomic E-state index is 12.3. The SMILES string of the molecule is COc1ccc(C#N)cc1Cn1nc2n(c1=O)CCCC2. The number of hydrogen-bond donors (Lipinski definition) is 0. The quantitative estimate of drug-likeness (QED) is 0.852. The summed E-state index contributed by atoms with van der Waals surface area (Å²) in [6.07, 6.45) is 2.94. The topological polar surface area (TPSA) is 72.8 Å². The highest BCUT2D eigenvalue weighted by atomic mass is 16.5. The zero-order valence-corrected chi connectivity index (χ0v) is 11.9. The average Bonchev–Trinajstić information content (AvgIpc) is 2.84. The van der Waals surface area contributed by atoms with Crippen molar-refractivity contribution in [3.63, 3.8) is 0 Å². The van der Waals surface area contributed by atoms with E-state index in [2.05, 4.69) is 11.2 Å². The molecule has 3 rings (SSSR count). The molecular formula is C15H16N4O2. The summed E-state index contributed by atoms with van der Waals surface area (Å²) in [5.41, 5.74) is 1.24. The molecule has 1 aromatic heterocycles. The predicted octanol–water partition coefficient (Wildman–Crippen LogP) is 1.31. The van der Waals surface area contributed by atoms with E-state index in [1.807, 2.05) is 0 Å². The second-order valence-electron chi connectivity index (χ2n) is 5.10. The largest absolute Gasteiger partial charge is 0.496 e. The third kappa shape index (κ3) is 2.42. The Morgan fingerprint density at radius 1 is 1.43 bits per heavy atom. The normalized spacial score (nSPS) is 13.5. The van der Waals surface area contributed by atoms with E-state index in [1.54, 1.807) is 29.9 Å². The van der Waals surface area contributed by atoms with Crippen LogP contribution in [0.5, 0.6) is 5.75 Å². The molecule has 0 saturated heterocycles. The Hall–Kier alpha value is -2.55. The van der Waals surface area contributed by atoms with E-state index in [9.17, 15) is 4.79 Å². The van der Waals surface area contributed by atoms with E-state index in [0.29, 0.717) is 17.9 Å². The monoisotopic (exact) mass is 284 g/mol. The molecule has 6 heteroatoms. The van der Waals surface area contributed by atoms with Crippen molar-refractivity contribution in [2.75, 3.05) is 7.11 Å². The minimum Gasteiger partial charge on any atom is -0.496 e. The Morgan fingerprint density at radius 3 is 3.00 bits per heavy atom. The van der Waals surface area contributed by atoms with Crippen molar-refractivity contribution in [2.45, 2.75) is 32.4 Å². The number of fused-ring (bicyclic) bond motifs is 1. The van der Waals surface area contributed by atoms with E-state index in [0.717, 1.165) is 37.2 Å². The molecule has 0 fully saturated rings. The van der Waals surface area contributed by atoms with Crippen LogP contribution in [0, 0.1) is 11.3 Å². The van der Waals surface area contributed by atoms with Crippen LogP contribution in [-0.2, 0) is 19.5 Å². The highest BCUT2D eigenvalue weighted by Gasteiger charge is 2.17. The molecule has 21 heavy (non-hydrogen) atoms. The number of rotatable bonds is 3. The molecule has 0 saturated carbocycles. The zero-order valence-electron chi connectivity index (χ0n) is 11.9. The second kappa shape index (κ2) is 5.44. The van der Waals surface area contributed by atoms with Crippen LogP contribution in [0.1, 0.15) is 29.8 Å². The van der Waals surface area contributed by atoms with E-state index >= 15 is 0 Å². The van der Waals surface area contributed by atoms with E-state index < -0.39 is 0 Å². The average molecular weight is 284 g/mol. The van der Waals surface area contributed by atoms with Crippen molar-refractivity contribution in [3.05, 3.63) is 45.6 Å². The lowest BCUT2D eigenvalue weighted by molar-refractivity contribution is 0.406. The second-order valence-corrected chi connectivity index (χ2v) is 5.10. The lowest BCUT2D eigenvalue weighted by Crippen LogP contribution is -2.27. The molecule has 0 N–H and O–H groups in total. The van der Waals surface area contributed by atoms with Crippen molar-refractivity contribution in [1.29, 1.82) is 5.26 Å². The van der Waals surface area contributed by atoms with Gasteiger partial charge in [-0.05, 0) is 31.0 Å². The standard InChI is InChI=1S/C15H16N4O2/c1-21-13-6-5-11(9-16)8-12(13)10-19-15(20)18-7-3-2-4-14(18)17-19/h5-6,8H,2-4,7,10H2,1H3. The fourth-order valence-electron chi connectivity index (χ4n) is 2.68. The van der Waals surface area contributed by atoms with Gasteiger partial charge in [0.15, 0.2) is 0 Å². The van der Waals surface area contributed by atoms with E-state index in [4.69, 9.17) is 10.00 Å². The third-order valence-electron chi connectivity index (χ3n) is 3.76. The van der Waals surface area contributed by atoms with Gasteiger partial charge < -0.3 is 4.74 Å². The lowest BCUT2D eigenvalue weighted by Gasteiger charge is -2.09. The fraction of sp³-hybridized carbons (Fsp3) is 0.400. The van der Waals surface area contributed by atoms with E-state index in [1.165, 1.54) is 4.68 Å². The number of aromatic nitrogens is 3. The molecule has 6 nitrogen and oxygen atoms in total. The van der Waals surface area contributed by atoms with Crippen LogP contribution in [0.2, 0.25) is 0 Å². The number of ether oxygens (including phenoxy) is 1. The fourth-order valence-corrected chi connectivity index (χ4v) is 2.68. The number of methoxy groups -OCH3 is 1. The first-order valence-corrected chi connectivity index (χ1v) is 6.96. The van der Waals surface area contributed by atoms with Gasteiger partial charge in [0, 0.05) is 18.5 Å². The van der Waals surface area contributed by atoms with Crippen LogP contribution in [-0.4, -0.2) is 21.5 Å². The number of nitriles is 1. The third-order valence-corrected chi connectivity index (χ3v) is 3.76. The Labute approximate surface area is 122 Å². The Kier molecular flexibility index (Phi) is 3.48. The van der Waals surface area contributed by atoms with Crippen LogP contribution in [0.25, 0.3) is 0 Å². The van der Waals surface area contributed by atoms with Crippen molar-refractivity contribution in [3.8, 4) is 11.8 Å². The van der Waals surface area contributed by atoms with Gasteiger partial charge >= 0.3 is 5.69 Å². The number of hydrogen-bond acceptors (Lipinski definition) is 4. The summed E-state index contributed by atoms with van der Waals surface area (Å²) < 4.78 is 8.50. The molecule has 0 radical (unpaired) electrons. The zero-order chi connectivity index (χ0) is 14.8. The molecular weight excluding hydrogens is 268 g/mol. The molecule has 2 aromatic rings. The molecule has 0 aliphatic carbocycles. The Bertz CT molecular complexity index is 767. The molecule has 2 heterocycles. The first-order valence-electron chi connectivity index (χ1n) is 6.96. The van der Waals surface area contributed by atoms with Gasteiger partial charge in [-0.25, -0.2) is 9.48 Å². The van der Waals surface area contributed by atoms with Gasteiger partial charge in [0.1, 0.15) is 11.6 Å². The predicted molar refractivity (Wildman–Crippen MR) is 76.2 cm³/mol. The summed E-state index contributed by atoms with van der Waals surface area (Å²) in [5.74, 6) is 1.51. The maximum Gasteiger partial charge on any atom is 0.346 e. The number of benzene rings is 1. The maximum atomic E-state index is 12.3. The van der Waals surface area contributed by atoms with Crippen LogP contribution >= 0.6 is 0 Å². The summed E-state index contributed by atoms with van der Waals surface area (Å²) >= 11 is 0. The first kappa shape index (κ1) is 13.4. The molecule has 108 valence electrons. The highest BCUT2D eigenvalue weighted by molar-refractivity contribution is 5.42. The summed E-state index contributed by atoms with van der Waals surface area (Å²) in [4.78, 5) is 12.3. The molecule has 0 spiro atoms. The molecule has 0 amide bonds. The van der Waals surface area contributed by atoms with Crippen molar-refractivity contribution in [1.82, 2.24) is 14.3 Å². The van der Waals surface area contributed by atoms with Crippen molar-refractivity contribution >= 4 is 0 Å². The molecule has 1 aliphatic rings. The van der Waals surface area contributed by atoms with Crippen molar-refractivity contribution < 1.29 is 4.74 Å². The lowest BCUT2D eigenvalue weighted by atomic mass is 10.1. The Balaban J connectivity index is 1.99. The van der Waals surface area contributed by atoms with E-state index in [-0.39, 0.29) is 5.69 Å². The smallest absolute Gasteiger partial charge is 0.346 e. The van der Waals surface area contributed by atoms with Crippen LogP contribution in [0.4, 0.5) is 0 Å². The van der Waals surface area contributed by atoms with Gasteiger partial charge in [0.25, 0.3) is 0 Å². The summed E-state index contributed by atoms with van der Waals surface area (Å²) in [5, 5.41) is 13.4. The van der Waals surface area contributed by atoms with Gasteiger partial charge in [-0.15, -0.1) is 0 Å². The minimum atomic E-state index is -0.0888. The molecule has 1 aromatic carbocycles. The molecule has 0 atom stereocenters. The highest BCUT2D eigenvalue weighted by Crippen LogP contribution is 2.20. The molecule has 0 unspecified atom stereocenters. The van der Waals surface area contributed by atoms with Gasteiger partial charge in [-0.1, -0.05) is 0 Å². The van der Waals surface area contributed by atoms with Gasteiger partial charge in [0.2, 0.25) is 0 Å². The van der Waals surface area contributed by atoms with Crippen LogP contribution < -0.4 is 10.4 Å². The Morgan fingerprint density at radius 2 is 2.29 bits per heavy atom. The van der Waals surface area contributed by atoms with Gasteiger partial charge in [-0.2, -0.15) is 10.4 Å². The minimum absolute atomic E-state index is 0.0888. The number of aryl methyl sites for hydroxylation is 1. The van der Waals surface area contributed by atoms with Crippen molar-refractivity contribution in [2.24, 2.45) is 0 Å². The summed E-state index contributed by atoms with van der Waals surface area (Å²) in [7, 11) is 1.58. The van der Waals surface area contributed by atoms with Gasteiger partial charge in [-0.3, -0.25) is 4.57 Å². The van der Waals surface area contributed by atoms with Gasteiger partial charge in [0.05, 0.1) is 25.3 Å². The first-order chi connectivity index (χ1) is 10.2. The molecule has 1 aliphatic heterocycles. The van der Waals surface area contributed by atoms with Crippen LogP contribution in [0.3, 0.4) is 0 Å².